The van der Waals surface area contributed by atoms with Gasteiger partial charge in [0.15, 0.2) is 4.34 Å². The van der Waals surface area contributed by atoms with Crippen LogP contribution in [0.25, 0.3) is 0 Å². The molecule has 0 bridgehead atoms. The molecule has 29 heavy (non-hydrogen) atoms. The van der Waals surface area contributed by atoms with Crippen LogP contribution < -0.4 is 15.4 Å². The SMILES string of the molecule is CC(Sc1nnc(NCc2ccco2)s1)C(=O)Nc1ccc(OC(F)F)c(Cl)c1. The predicted molar refractivity (Wildman–Crippen MR) is 108 cm³/mol. The number of rotatable bonds is 9. The first-order valence-electron chi connectivity index (χ1n) is 8.22. The molecule has 1 aromatic carbocycles. The van der Waals surface area contributed by atoms with Crippen molar-refractivity contribution in [1.82, 2.24) is 10.2 Å². The van der Waals surface area contributed by atoms with Crippen LogP contribution in [0.1, 0.15) is 12.7 Å². The molecule has 1 atom stereocenters. The third-order valence-corrected chi connectivity index (χ3v) is 5.82. The summed E-state index contributed by atoms with van der Waals surface area (Å²) in [6.45, 7) is -0.781. The van der Waals surface area contributed by atoms with Crippen molar-refractivity contribution >= 4 is 51.4 Å². The van der Waals surface area contributed by atoms with E-state index in [1.807, 2.05) is 6.07 Å². The molecular formula is C17H15ClF2N4O3S2. The van der Waals surface area contributed by atoms with Crippen molar-refractivity contribution in [3.8, 4) is 5.75 Å². The van der Waals surface area contributed by atoms with Gasteiger partial charge in [0.05, 0.1) is 23.1 Å². The Hall–Kier alpha value is -2.37. The van der Waals surface area contributed by atoms with Gasteiger partial charge in [-0.15, -0.1) is 10.2 Å². The van der Waals surface area contributed by atoms with Gasteiger partial charge in [-0.05, 0) is 37.3 Å². The average molecular weight is 461 g/mol. The summed E-state index contributed by atoms with van der Waals surface area (Å²) in [7, 11) is 0. The summed E-state index contributed by atoms with van der Waals surface area (Å²) < 4.78 is 34.7. The van der Waals surface area contributed by atoms with E-state index in [1.54, 1.807) is 19.3 Å². The molecule has 2 heterocycles. The van der Waals surface area contributed by atoms with Crippen LogP contribution in [0.15, 0.2) is 45.4 Å². The van der Waals surface area contributed by atoms with E-state index in [1.165, 1.54) is 41.3 Å². The number of hydrogen-bond acceptors (Lipinski definition) is 8. The minimum atomic E-state index is -2.98. The van der Waals surface area contributed by atoms with E-state index in [2.05, 4.69) is 25.6 Å². The van der Waals surface area contributed by atoms with E-state index in [-0.39, 0.29) is 16.7 Å². The molecule has 2 aromatic heterocycles. The van der Waals surface area contributed by atoms with Gasteiger partial charge in [0.2, 0.25) is 11.0 Å². The van der Waals surface area contributed by atoms with Crippen molar-refractivity contribution in [3.63, 3.8) is 0 Å². The van der Waals surface area contributed by atoms with Gasteiger partial charge in [0, 0.05) is 5.69 Å². The Morgan fingerprint density at radius 1 is 1.38 bits per heavy atom. The molecule has 0 aliphatic heterocycles. The normalized spacial score (nSPS) is 12.0. The topological polar surface area (TPSA) is 89.3 Å². The van der Waals surface area contributed by atoms with Gasteiger partial charge < -0.3 is 19.8 Å². The summed E-state index contributed by atoms with van der Waals surface area (Å²) in [4.78, 5) is 12.4. The monoisotopic (exact) mass is 460 g/mol. The Balaban J connectivity index is 1.52. The van der Waals surface area contributed by atoms with Crippen molar-refractivity contribution in [2.24, 2.45) is 0 Å². The number of hydrogen-bond donors (Lipinski definition) is 2. The van der Waals surface area contributed by atoms with E-state index < -0.39 is 11.9 Å². The number of halogens is 3. The van der Waals surface area contributed by atoms with E-state index in [4.69, 9.17) is 16.0 Å². The van der Waals surface area contributed by atoms with Crippen LogP contribution in [-0.2, 0) is 11.3 Å². The molecule has 3 aromatic rings. The van der Waals surface area contributed by atoms with Gasteiger partial charge in [-0.3, -0.25) is 4.79 Å². The fourth-order valence-electron chi connectivity index (χ4n) is 2.12. The number of carbonyl (C=O) groups excluding carboxylic acids is 1. The minimum absolute atomic E-state index is 0.0280. The van der Waals surface area contributed by atoms with Gasteiger partial charge in [-0.2, -0.15) is 8.78 Å². The van der Waals surface area contributed by atoms with Crippen LogP contribution in [0.4, 0.5) is 19.6 Å². The highest BCUT2D eigenvalue weighted by Gasteiger charge is 2.18. The molecule has 2 N–H and O–H groups in total. The van der Waals surface area contributed by atoms with Crippen LogP contribution in [0.3, 0.4) is 0 Å². The first-order valence-corrected chi connectivity index (χ1v) is 10.3. The van der Waals surface area contributed by atoms with Gasteiger partial charge >= 0.3 is 6.61 Å². The minimum Gasteiger partial charge on any atom is -0.467 e. The number of thioether (sulfide) groups is 1. The van der Waals surface area contributed by atoms with Crippen LogP contribution in [0, 0.1) is 0 Å². The molecule has 1 amide bonds. The number of benzene rings is 1. The maximum Gasteiger partial charge on any atom is 0.387 e. The Morgan fingerprint density at radius 3 is 2.90 bits per heavy atom. The summed E-state index contributed by atoms with van der Waals surface area (Å²) in [5.74, 6) is 0.310. The van der Waals surface area contributed by atoms with Gasteiger partial charge in [0.1, 0.15) is 11.5 Å². The summed E-state index contributed by atoms with van der Waals surface area (Å²) in [5.41, 5.74) is 0.368. The number of amides is 1. The maximum absolute atomic E-state index is 12.4. The lowest BCUT2D eigenvalue weighted by Gasteiger charge is -2.12. The number of anilines is 2. The summed E-state index contributed by atoms with van der Waals surface area (Å²) in [6.07, 6.45) is 1.59. The van der Waals surface area contributed by atoms with Crippen molar-refractivity contribution in [2.45, 2.75) is 29.7 Å². The predicted octanol–water partition coefficient (Wildman–Crippen LogP) is 5.12. The van der Waals surface area contributed by atoms with E-state index in [0.29, 0.717) is 21.7 Å². The lowest BCUT2D eigenvalue weighted by atomic mass is 10.3. The van der Waals surface area contributed by atoms with Crippen LogP contribution in [0.2, 0.25) is 5.02 Å². The van der Waals surface area contributed by atoms with Crippen molar-refractivity contribution < 1.29 is 22.7 Å². The number of aromatic nitrogens is 2. The highest BCUT2D eigenvalue weighted by atomic mass is 35.5. The molecule has 154 valence electrons. The summed E-state index contributed by atoms with van der Waals surface area (Å²) in [6, 6.07) is 7.68. The number of furan rings is 1. The Morgan fingerprint density at radius 2 is 2.21 bits per heavy atom. The molecule has 0 radical (unpaired) electrons. The van der Waals surface area contributed by atoms with Gasteiger partial charge in [-0.25, -0.2) is 0 Å². The van der Waals surface area contributed by atoms with Crippen LogP contribution in [0.5, 0.6) is 5.75 Å². The van der Waals surface area contributed by atoms with Crippen LogP contribution >= 0.6 is 34.7 Å². The molecular weight excluding hydrogens is 446 g/mol. The highest BCUT2D eigenvalue weighted by molar-refractivity contribution is 8.02. The zero-order chi connectivity index (χ0) is 20.8. The van der Waals surface area contributed by atoms with Crippen LogP contribution in [-0.4, -0.2) is 28.0 Å². The Kier molecular flexibility index (Phi) is 7.29. The van der Waals surface area contributed by atoms with Gasteiger partial charge in [0.25, 0.3) is 0 Å². The smallest absolute Gasteiger partial charge is 0.387 e. The van der Waals surface area contributed by atoms with Crippen molar-refractivity contribution in [3.05, 3.63) is 47.4 Å². The second-order valence-electron chi connectivity index (χ2n) is 5.58. The van der Waals surface area contributed by atoms with E-state index in [0.717, 1.165) is 5.76 Å². The molecule has 0 spiro atoms. The number of ether oxygens (including phenoxy) is 1. The number of carbonyl (C=O) groups is 1. The molecule has 1 unspecified atom stereocenters. The largest absolute Gasteiger partial charge is 0.467 e. The molecule has 0 fully saturated rings. The second kappa shape index (κ2) is 9.90. The quantitative estimate of drug-likeness (QED) is 0.428. The lowest BCUT2D eigenvalue weighted by molar-refractivity contribution is -0.115. The fraction of sp³-hybridized carbons (Fsp3) is 0.235. The molecule has 0 saturated heterocycles. The van der Waals surface area contributed by atoms with E-state index in [9.17, 15) is 13.6 Å². The third-order valence-electron chi connectivity index (χ3n) is 3.46. The fourth-order valence-corrected chi connectivity index (χ4v) is 4.24. The molecule has 0 aliphatic carbocycles. The first-order chi connectivity index (χ1) is 13.9. The molecule has 7 nitrogen and oxygen atoms in total. The Bertz CT molecular complexity index is 956. The average Bonchev–Trinajstić information content (AvgIpc) is 3.33. The number of alkyl halides is 2. The Labute approximate surface area is 177 Å². The van der Waals surface area contributed by atoms with Crippen molar-refractivity contribution in [1.29, 1.82) is 0 Å². The highest BCUT2D eigenvalue weighted by Crippen LogP contribution is 2.31. The maximum atomic E-state index is 12.4. The summed E-state index contributed by atoms with van der Waals surface area (Å²) >= 11 is 8.45. The van der Waals surface area contributed by atoms with Gasteiger partial charge in [-0.1, -0.05) is 34.7 Å². The molecule has 0 saturated carbocycles. The number of nitrogens with zero attached hydrogens (tertiary/aromatic N) is 2. The number of nitrogens with one attached hydrogen (secondary N) is 2. The zero-order valence-corrected chi connectivity index (χ0v) is 17.3. The first kappa shape index (κ1) is 21.3. The molecule has 0 aliphatic rings. The standard InChI is InChI=1S/C17H15ClF2N4O3S2/c1-9(14(25)22-10-4-5-13(12(18)7-10)27-15(19)20)28-17-24-23-16(29-17)21-8-11-3-2-6-26-11/h2-7,9,15H,8H2,1H3,(H,21,23)(H,22,25). The zero-order valence-electron chi connectivity index (χ0n) is 14.9. The van der Waals surface area contributed by atoms with Crippen molar-refractivity contribution in [2.75, 3.05) is 10.6 Å². The summed E-state index contributed by atoms with van der Waals surface area (Å²) in [5, 5.41) is 13.9. The second-order valence-corrected chi connectivity index (χ2v) is 8.55. The lowest BCUT2D eigenvalue weighted by Crippen LogP contribution is -2.22. The third kappa shape index (κ3) is 6.31. The molecule has 3 rings (SSSR count). The molecule has 12 heteroatoms. The van der Waals surface area contributed by atoms with E-state index >= 15 is 0 Å².